The first-order valence-corrected chi connectivity index (χ1v) is 9.05. The number of hydrogen-bond acceptors (Lipinski definition) is 4. The van der Waals surface area contributed by atoms with Gasteiger partial charge < -0.3 is 4.74 Å². The summed E-state index contributed by atoms with van der Waals surface area (Å²) in [6.45, 7) is 0. The van der Waals surface area contributed by atoms with E-state index in [1.165, 1.54) is 11.3 Å². The molecule has 5 rings (SSSR count). The molecule has 0 radical (unpaired) electrons. The molecule has 4 nitrogen and oxygen atoms in total. The Balaban J connectivity index is 1.86. The standard InChI is InChI=1S/C21H14N2O2S/c1-25-18-11-10-13-6-2-3-7-14(13)15(18)12-19-20(24)23-17-9-5-4-8-16(17)22-21(23)26-19/h2-12H,1H3/b19-12-. The van der Waals surface area contributed by atoms with Crippen molar-refractivity contribution in [2.75, 3.05) is 7.11 Å². The van der Waals surface area contributed by atoms with Crippen LogP contribution in [0.1, 0.15) is 5.56 Å². The topological polar surface area (TPSA) is 43.6 Å². The Kier molecular flexibility index (Phi) is 3.30. The molecule has 0 bridgehead atoms. The van der Waals surface area contributed by atoms with Gasteiger partial charge in [0.15, 0.2) is 4.96 Å². The lowest BCUT2D eigenvalue weighted by molar-refractivity contribution is 0.414. The molecule has 0 aliphatic rings. The molecule has 0 N–H and O–H groups in total. The third-order valence-corrected chi connectivity index (χ3v) is 5.54. The first-order chi connectivity index (χ1) is 12.8. The van der Waals surface area contributed by atoms with Gasteiger partial charge in [-0.3, -0.25) is 4.79 Å². The molecule has 5 aromatic rings. The van der Waals surface area contributed by atoms with Crippen molar-refractivity contribution in [1.29, 1.82) is 0 Å². The van der Waals surface area contributed by atoms with E-state index in [1.807, 2.05) is 60.7 Å². The Hall–Kier alpha value is -3.18. The van der Waals surface area contributed by atoms with Crippen molar-refractivity contribution in [2.24, 2.45) is 0 Å². The number of benzene rings is 3. The molecule has 0 aliphatic heterocycles. The fourth-order valence-electron chi connectivity index (χ4n) is 3.35. The van der Waals surface area contributed by atoms with Gasteiger partial charge in [0.25, 0.3) is 5.56 Å². The molecule has 0 fully saturated rings. The predicted molar refractivity (Wildman–Crippen MR) is 106 cm³/mol. The smallest absolute Gasteiger partial charge is 0.274 e. The van der Waals surface area contributed by atoms with Gasteiger partial charge in [0, 0.05) is 5.56 Å². The van der Waals surface area contributed by atoms with Gasteiger partial charge in [-0.15, -0.1) is 0 Å². The lowest BCUT2D eigenvalue weighted by atomic mass is 10.0. The van der Waals surface area contributed by atoms with E-state index in [1.54, 1.807) is 11.5 Å². The van der Waals surface area contributed by atoms with E-state index < -0.39 is 0 Å². The van der Waals surface area contributed by atoms with Gasteiger partial charge in [-0.05, 0) is 35.0 Å². The van der Waals surface area contributed by atoms with E-state index in [9.17, 15) is 4.79 Å². The quantitative estimate of drug-likeness (QED) is 0.484. The highest BCUT2D eigenvalue weighted by atomic mass is 32.1. The molecule has 0 aliphatic carbocycles. The van der Waals surface area contributed by atoms with Crippen LogP contribution in [-0.2, 0) is 0 Å². The van der Waals surface area contributed by atoms with Crippen molar-refractivity contribution in [3.63, 3.8) is 0 Å². The summed E-state index contributed by atoms with van der Waals surface area (Å²) < 4.78 is 7.87. The van der Waals surface area contributed by atoms with Gasteiger partial charge in [0.2, 0.25) is 0 Å². The zero-order valence-corrected chi connectivity index (χ0v) is 14.8. The van der Waals surface area contributed by atoms with Crippen LogP contribution in [0.2, 0.25) is 0 Å². The Labute approximate surface area is 152 Å². The maximum absolute atomic E-state index is 13.0. The molecule has 26 heavy (non-hydrogen) atoms. The van der Waals surface area contributed by atoms with Crippen LogP contribution in [0.25, 0.3) is 32.8 Å². The van der Waals surface area contributed by atoms with Gasteiger partial charge in [0.1, 0.15) is 5.75 Å². The van der Waals surface area contributed by atoms with Crippen molar-refractivity contribution in [1.82, 2.24) is 9.38 Å². The lowest BCUT2D eigenvalue weighted by Gasteiger charge is -2.08. The predicted octanol–water partition coefficient (Wildman–Crippen LogP) is 3.62. The molecule has 0 atom stereocenters. The maximum atomic E-state index is 13.0. The monoisotopic (exact) mass is 358 g/mol. The van der Waals surface area contributed by atoms with Gasteiger partial charge in [0.05, 0.1) is 22.7 Å². The number of hydrogen-bond donors (Lipinski definition) is 0. The van der Waals surface area contributed by atoms with Crippen LogP contribution in [0.4, 0.5) is 0 Å². The summed E-state index contributed by atoms with van der Waals surface area (Å²) in [5.41, 5.74) is 2.55. The molecule has 3 aromatic carbocycles. The number of aromatic nitrogens is 2. The van der Waals surface area contributed by atoms with E-state index in [0.29, 0.717) is 9.49 Å². The van der Waals surface area contributed by atoms with Crippen molar-refractivity contribution in [3.05, 3.63) is 81.1 Å². The second-order valence-corrected chi connectivity index (χ2v) is 7.05. The van der Waals surface area contributed by atoms with E-state index in [-0.39, 0.29) is 5.56 Å². The van der Waals surface area contributed by atoms with Gasteiger partial charge in [-0.25, -0.2) is 9.38 Å². The summed E-state index contributed by atoms with van der Waals surface area (Å²) >= 11 is 1.40. The second kappa shape index (κ2) is 5.68. The highest BCUT2D eigenvalue weighted by molar-refractivity contribution is 7.15. The van der Waals surface area contributed by atoms with Gasteiger partial charge in [-0.1, -0.05) is 53.8 Å². The number of imidazole rings is 1. The van der Waals surface area contributed by atoms with Crippen molar-refractivity contribution >= 4 is 44.2 Å². The molecule has 0 unspecified atom stereocenters. The number of thiazole rings is 1. The minimum atomic E-state index is -0.0475. The fourth-order valence-corrected chi connectivity index (χ4v) is 4.31. The normalized spacial score (nSPS) is 12.4. The molecule has 0 amide bonds. The molecule has 0 saturated heterocycles. The highest BCUT2D eigenvalue weighted by Gasteiger charge is 2.12. The lowest BCUT2D eigenvalue weighted by Crippen LogP contribution is -2.22. The number of fused-ring (bicyclic) bond motifs is 4. The Morgan fingerprint density at radius 1 is 1.04 bits per heavy atom. The fraction of sp³-hybridized carbons (Fsp3) is 0.0476. The van der Waals surface area contributed by atoms with Crippen LogP contribution in [0, 0.1) is 0 Å². The summed E-state index contributed by atoms with van der Waals surface area (Å²) in [6.07, 6.45) is 1.91. The Bertz CT molecular complexity index is 1400. The van der Waals surface area contributed by atoms with Crippen LogP contribution >= 0.6 is 11.3 Å². The number of para-hydroxylation sites is 2. The molecular formula is C21H14N2O2S. The molecule has 5 heteroatoms. The minimum absolute atomic E-state index is 0.0475. The third kappa shape index (κ3) is 2.14. The van der Waals surface area contributed by atoms with Crippen molar-refractivity contribution in [3.8, 4) is 5.75 Å². The van der Waals surface area contributed by atoms with Crippen LogP contribution in [0.3, 0.4) is 0 Å². The van der Waals surface area contributed by atoms with E-state index in [2.05, 4.69) is 11.1 Å². The second-order valence-electron chi connectivity index (χ2n) is 6.04. The number of methoxy groups -OCH3 is 1. The zero-order valence-electron chi connectivity index (χ0n) is 14.0. The third-order valence-electron chi connectivity index (χ3n) is 4.57. The molecule has 0 spiro atoms. The van der Waals surface area contributed by atoms with E-state index >= 15 is 0 Å². The summed E-state index contributed by atoms with van der Waals surface area (Å²) in [6, 6.07) is 19.8. The highest BCUT2D eigenvalue weighted by Crippen LogP contribution is 2.28. The van der Waals surface area contributed by atoms with Crippen LogP contribution in [0.15, 0.2) is 65.5 Å². The van der Waals surface area contributed by atoms with Crippen LogP contribution in [-0.4, -0.2) is 16.5 Å². The maximum Gasteiger partial charge on any atom is 0.274 e. The first-order valence-electron chi connectivity index (χ1n) is 8.24. The average Bonchev–Trinajstić information content (AvgIpc) is 3.18. The molecule has 0 saturated carbocycles. The SMILES string of the molecule is COc1ccc2ccccc2c1/C=c1\sc2nc3ccccc3n2c1=O. The van der Waals surface area contributed by atoms with Crippen LogP contribution < -0.4 is 14.8 Å². The van der Waals surface area contributed by atoms with Gasteiger partial charge in [-0.2, -0.15) is 0 Å². The average molecular weight is 358 g/mol. The largest absolute Gasteiger partial charge is 0.496 e. The summed E-state index contributed by atoms with van der Waals surface area (Å²) in [5, 5.41) is 2.17. The Morgan fingerprint density at radius 3 is 2.73 bits per heavy atom. The molecule has 2 aromatic heterocycles. The number of ether oxygens (including phenoxy) is 1. The van der Waals surface area contributed by atoms with Crippen molar-refractivity contribution < 1.29 is 4.74 Å². The number of nitrogens with zero attached hydrogens (tertiary/aromatic N) is 2. The van der Waals surface area contributed by atoms with E-state index in [4.69, 9.17) is 4.74 Å². The van der Waals surface area contributed by atoms with Crippen LogP contribution in [0.5, 0.6) is 5.75 Å². The number of rotatable bonds is 2. The van der Waals surface area contributed by atoms with Gasteiger partial charge >= 0.3 is 0 Å². The molecular weight excluding hydrogens is 344 g/mol. The summed E-state index contributed by atoms with van der Waals surface area (Å²) in [4.78, 5) is 18.3. The molecule has 126 valence electrons. The zero-order chi connectivity index (χ0) is 17.7. The van der Waals surface area contributed by atoms with E-state index in [0.717, 1.165) is 33.1 Å². The summed E-state index contributed by atoms with van der Waals surface area (Å²) in [5.74, 6) is 0.749. The first kappa shape index (κ1) is 15.1. The molecule has 2 heterocycles. The summed E-state index contributed by atoms with van der Waals surface area (Å²) in [7, 11) is 1.65. The van der Waals surface area contributed by atoms with Crippen molar-refractivity contribution in [2.45, 2.75) is 0 Å². The minimum Gasteiger partial charge on any atom is -0.496 e. The Morgan fingerprint density at radius 2 is 1.85 bits per heavy atom.